The highest BCUT2D eigenvalue weighted by atomic mass is 79.9. The van der Waals surface area contributed by atoms with E-state index in [1.807, 2.05) is 36.4 Å². The van der Waals surface area contributed by atoms with Crippen LogP contribution in [0.3, 0.4) is 0 Å². The summed E-state index contributed by atoms with van der Waals surface area (Å²) < 4.78 is 23.3. The van der Waals surface area contributed by atoms with Gasteiger partial charge in [-0.15, -0.1) is 0 Å². The highest BCUT2D eigenvalue weighted by Gasteiger charge is 2.13. The molecular weight excluding hydrogens is 386 g/mol. The standard InChI is InChI=1S/C19H22BrNO4/c20-17-12-16(25-14-15-6-2-1-3-7-15)13-18(21-17)22-10-11-24-19-8-4-5-9-23-19/h1-3,6-7,12-13,19H,4-5,8-11,14H2/t19-/m1/s1. The molecule has 0 unspecified atom stereocenters. The predicted molar refractivity (Wildman–Crippen MR) is 97.7 cm³/mol. The first-order chi connectivity index (χ1) is 12.3. The van der Waals surface area contributed by atoms with Gasteiger partial charge in [0.1, 0.15) is 23.6 Å². The summed E-state index contributed by atoms with van der Waals surface area (Å²) in [5.74, 6) is 1.21. The SMILES string of the molecule is Brc1cc(OCc2ccccc2)cc(OCCO[C@@H]2CCCCO2)n1. The third-order valence-electron chi connectivity index (χ3n) is 3.77. The van der Waals surface area contributed by atoms with Gasteiger partial charge in [-0.3, -0.25) is 0 Å². The van der Waals surface area contributed by atoms with Crippen molar-refractivity contribution < 1.29 is 18.9 Å². The van der Waals surface area contributed by atoms with Crippen LogP contribution in [0, 0.1) is 0 Å². The Bertz CT molecular complexity index is 647. The fourth-order valence-corrected chi connectivity index (χ4v) is 2.92. The number of rotatable bonds is 8. The number of aromatic nitrogens is 1. The number of ether oxygens (including phenoxy) is 4. The van der Waals surface area contributed by atoms with E-state index >= 15 is 0 Å². The first kappa shape index (κ1) is 18.2. The van der Waals surface area contributed by atoms with Gasteiger partial charge in [0.25, 0.3) is 0 Å². The molecular formula is C19H22BrNO4. The Morgan fingerprint density at radius 2 is 1.96 bits per heavy atom. The number of halogens is 1. The zero-order valence-corrected chi connectivity index (χ0v) is 15.6. The zero-order chi connectivity index (χ0) is 17.3. The van der Waals surface area contributed by atoms with Crippen LogP contribution in [0.4, 0.5) is 0 Å². The molecule has 5 nitrogen and oxygen atoms in total. The van der Waals surface area contributed by atoms with Crippen molar-refractivity contribution in [2.45, 2.75) is 32.2 Å². The minimum absolute atomic E-state index is 0.0995. The second-order valence-corrected chi connectivity index (χ2v) is 6.57. The minimum Gasteiger partial charge on any atom is -0.489 e. The highest BCUT2D eigenvalue weighted by molar-refractivity contribution is 9.10. The monoisotopic (exact) mass is 407 g/mol. The number of nitrogens with zero attached hydrogens (tertiary/aromatic N) is 1. The summed E-state index contributed by atoms with van der Waals surface area (Å²) in [7, 11) is 0. The lowest BCUT2D eigenvalue weighted by atomic mass is 10.2. The van der Waals surface area contributed by atoms with E-state index in [0.29, 0.717) is 36.1 Å². The molecule has 3 rings (SSSR count). The van der Waals surface area contributed by atoms with Gasteiger partial charge in [-0.2, -0.15) is 0 Å². The van der Waals surface area contributed by atoms with Crippen LogP contribution >= 0.6 is 15.9 Å². The Labute approximate surface area is 156 Å². The number of pyridine rings is 1. The lowest BCUT2D eigenvalue weighted by Crippen LogP contribution is -2.24. The average molecular weight is 408 g/mol. The van der Waals surface area contributed by atoms with E-state index in [1.165, 1.54) is 0 Å². The van der Waals surface area contributed by atoms with E-state index in [1.54, 1.807) is 6.07 Å². The molecule has 1 aliphatic heterocycles. The number of hydrogen-bond donors (Lipinski definition) is 0. The van der Waals surface area contributed by atoms with Gasteiger partial charge in [0.15, 0.2) is 6.29 Å². The summed E-state index contributed by atoms with van der Waals surface area (Å²) in [6.45, 7) is 2.17. The van der Waals surface area contributed by atoms with Crippen molar-refractivity contribution >= 4 is 15.9 Å². The number of benzene rings is 1. The summed E-state index contributed by atoms with van der Waals surface area (Å²) in [6, 6.07) is 13.6. The van der Waals surface area contributed by atoms with Crippen molar-refractivity contribution in [2.24, 2.45) is 0 Å². The second kappa shape index (κ2) is 9.75. The van der Waals surface area contributed by atoms with Gasteiger partial charge in [-0.25, -0.2) is 4.98 Å². The van der Waals surface area contributed by atoms with Crippen molar-refractivity contribution in [3.8, 4) is 11.6 Å². The highest BCUT2D eigenvalue weighted by Crippen LogP contribution is 2.23. The van der Waals surface area contributed by atoms with E-state index in [2.05, 4.69) is 20.9 Å². The van der Waals surface area contributed by atoms with E-state index in [4.69, 9.17) is 18.9 Å². The van der Waals surface area contributed by atoms with Crippen molar-refractivity contribution in [1.29, 1.82) is 0 Å². The lowest BCUT2D eigenvalue weighted by Gasteiger charge is -2.22. The van der Waals surface area contributed by atoms with E-state index in [9.17, 15) is 0 Å². The third-order valence-corrected chi connectivity index (χ3v) is 4.17. The van der Waals surface area contributed by atoms with Crippen LogP contribution in [-0.2, 0) is 16.1 Å². The second-order valence-electron chi connectivity index (χ2n) is 5.75. The normalized spacial score (nSPS) is 17.2. The fraction of sp³-hybridized carbons (Fsp3) is 0.421. The van der Waals surface area contributed by atoms with Crippen LogP contribution in [0.1, 0.15) is 24.8 Å². The topological polar surface area (TPSA) is 49.8 Å². The Kier molecular flexibility index (Phi) is 7.09. The van der Waals surface area contributed by atoms with Gasteiger partial charge in [0, 0.05) is 18.7 Å². The third kappa shape index (κ3) is 6.30. The summed E-state index contributed by atoms with van der Waals surface area (Å²) in [5.41, 5.74) is 1.11. The van der Waals surface area contributed by atoms with E-state index in [-0.39, 0.29) is 6.29 Å². The van der Waals surface area contributed by atoms with Crippen LogP contribution in [0.5, 0.6) is 11.6 Å². The van der Waals surface area contributed by atoms with Gasteiger partial charge >= 0.3 is 0 Å². The Balaban J connectivity index is 1.45. The lowest BCUT2D eigenvalue weighted by molar-refractivity contribution is -0.165. The molecule has 6 heteroatoms. The number of hydrogen-bond acceptors (Lipinski definition) is 5. The quantitative estimate of drug-likeness (QED) is 0.480. The summed E-state index contributed by atoms with van der Waals surface area (Å²) in [5, 5.41) is 0. The molecule has 0 spiro atoms. The van der Waals surface area contributed by atoms with Crippen molar-refractivity contribution in [2.75, 3.05) is 19.8 Å². The average Bonchev–Trinajstić information content (AvgIpc) is 2.65. The molecule has 0 amide bonds. The van der Waals surface area contributed by atoms with Gasteiger partial charge in [0.2, 0.25) is 5.88 Å². The molecule has 2 aromatic rings. The van der Waals surface area contributed by atoms with Gasteiger partial charge in [-0.05, 0) is 40.8 Å². The largest absolute Gasteiger partial charge is 0.489 e. The van der Waals surface area contributed by atoms with Crippen molar-refractivity contribution in [1.82, 2.24) is 4.98 Å². The molecule has 25 heavy (non-hydrogen) atoms. The molecule has 1 fully saturated rings. The Morgan fingerprint density at radius 3 is 2.76 bits per heavy atom. The van der Waals surface area contributed by atoms with Gasteiger partial charge in [-0.1, -0.05) is 30.3 Å². The molecule has 0 N–H and O–H groups in total. The zero-order valence-electron chi connectivity index (χ0n) is 14.0. The molecule has 0 radical (unpaired) electrons. The smallest absolute Gasteiger partial charge is 0.218 e. The minimum atomic E-state index is -0.0995. The Hall–Kier alpha value is -1.63. The molecule has 134 valence electrons. The maximum Gasteiger partial charge on any atom is 0.218 e. The molecule has 1 atom stereocenters. The first-order valence-corrected chi connectivity index (χ1v) is 9.29. The van der Waals surface area contributed by atoms with Crippen LogP contribution < -0.4 is 9.47 Å². The summed E-state index contributed by atoms with van der Waals surface area (Å²) in [4.78, 5) is 4.30. The van der Waals surface area contributed by atoms with Gasteiger partial charge < -0.3 is 18.9 Å². The maximum absolute atomic E-state index is 5.81. The van der Waals surface area contributed by atoms with Crippen LogP contribution in [-0.4, -0.2) is 31.1 Å². The predicted octanol–water partition coefficient (Wildman–Crippen LogP) is 4.35. The first-order valence-electron chi connectivity index (χ1n) is 8.50. The van der Waals surface area contributed by atoms with Crippen LogP contribution in [0.15, 0.2) is 47.1 Å². The van der Waals surface area contributed by atoms with Crippen molar-refractivity contribution in [3.05, 3.63) is 52.6 Å². The molecule has 2 heterocycles. The van der Waals surface area contributed by atoms with Gasteiger partial charge in [0.05, 0.1) is 6.61 Å². The maximum atomic E-state index is 5.81. The molecule has 0 bridgehead atoms. The Morgan fingerprint density at radius 1 is 1.08 bits per heavy atom. The van der Waals surface area contributed by atoms with E-state index < -0.39 is 0 Å². The molecule has 1 aliphatic rings. The van der Waals surface area contributed by atoms with Crippen LogP contribution in [0.2, 0.25) is 0 Å². The molecule has 1 aromatic carbocycles. The van der Waals surface area contributed by atoms with Crippen molar-refractivity contribution in [3.63, 3.8) is 0 Å². The molecule has 1 aromatic heterocycles. The van der Waals surface area contributed by atoms with Crippen LogP contribution in [0.25, 0.3) is 0 Å². The molecule has 0 aliphatic carbocycles. The molecule has 1 saturated heterocycles. The van der Waals surface area contributed by atoms with E-state index in [0.717, 1.165) is 31.4 Å². The fourth-order valence-electron chi connectivity index (χ4n) is 2.52. The summed E-state index contributed by atoms with van der Waals surface area (Å²) >= 11 is 3.39. The molecule has 0 saturated carbocycles. The summed E-state index contributed by atoms with van der Waals surface area (Å²) in [6.07, 6.45) is 3.12.